The summed E-state index contributed by atoms with van der Waals surface area (Å²) in [5.41, 5.74) is 7.96. The van der Waals surface area contributed by atoms with E-state index >= 15 is 0 Å². The molecule has 0 fully saturated rings. The van der Waals surface area contributed by atoms with E-state index in [1.165, 1.54) is 33.4 Å². The Kier molecular flexibility index (Phi) is 6.57. The number of fused-ring (bicyclic) bond motifs is 4. The zero-order chi connectivity index (χ0) is 25.8. The third-order valence-corrected chi connectivity index (χ3v) is 8.05. The lowest BCUT2D eigenvalue weighted by Crippen LogP contribution is -2.28. The Morgan fingerprint density at radius 3 is 1.26 bits per heavy atom. The summed E-state index contributed by atoms with van der Waals surface area (Å²) in [6, 6.07) is 4.54. The van der Waals surface area contributed by atoms with Crippen LogP contribution in [0, 0.1) is 13.8 Å². The molecule has 0 saturated heterocycles. The lowest BCUT2D eigenvalue weighted by molar-refractivity contribution is 0.284. The van der Waals surface area contributed by atoms with Gasteiger partial charge in [0.2, 0.25) is 0 Å². The van der Waals surface area contributed by atoms with E-state index < -0.39 is 0 Å². The molecular weight excluding hydrogens is 436 g/mol. The summed E-state index contributed by atoms with van der Waals surface area (Å²) < 4.78 is 24.7. The number of rotatable bonds is 8. The molecule has 4 heteroatoms. The molecular formula is C31H44O4. The maximum Gasteiger partial charge on any atom is 0.164 e. The zero-order valence-corrected chi connectivity index (χ0v) is 23.5. The minimum absolute atomic E-state index is 0.00514. The first kappa shape index (κ1) is 25.7. The van der Waals surface area contributed by atoms with Gasteiger partial charge in [-0.2, -0.15) is 0 Å². The van der Waals surface area contributed by atoms with Crippen LogP contribution in [-0.4, -0.2) is 26.4 Å². The van der Waals surface area contributed by atoms with Gasteiger partial charge in [-0.1, -0.05) is 27.7 Å². The molecule has 4 rings (SSSR count). The molecule has 0 heterocycles. The molecule has 0 saturated carbocycles. The molecule has 2 aromatic rings. The fourth-order valence-corrected chi connectivity index (χ4v) is 7.25. The quantitative estimate of drug-likeness (QED) is 0.391. The molecule has 35 heavy (non-hydrogen) atoms. The van der Waals surface area contributed by atoms with Crippen LogP contribution in [0.15, 0.2) is 12.1 Å². The van der Waals surface area contributed by atoms with Gasteiger partial charge in [0.05, 0.1) is 26.4 Å². The molecule has 0 aliphatic heterocycles. The molecule has 0 N–H and O–H groups in total. The highest BCUT2D eigenvalue weighted by Crippen LogP contribution is 2.66. The maximum absolute atomic E-state index is 6.23. The molecule has 2 aromatic carbocycles. The Bertz CT molecular complexity index is 1040. The minimum atomic E-state index is -0.112. The van der Waals surface area contributed by atoms with Crippen molar-refractivity contribution in [3.63, 3.8) is 0 Å². The topological polar surface area (TPSA) is 36.9 Å². The van der Waals surface area contributed by atoms with Crippen molar-refractivity contribution in [2.75, 3.05) is 26.4 Å². The molecule has 2 aliphatic carbocycles. The molecule has 0 bridgehead atoms. The van der Waals surface area contributed by atoms with E-state index in [0.717, 1.165) is 35.8 Å². The summed E-state index contributed by atoms with van der Waals surface area (Å²) >= 11 is 0. The Balaban J connectivity index is 2.09. The highest BCUT2D eigenvalue weighted by Gasteiger charge is 2.58. The summed E-state index contributed by atoms with van der Waals surface area (Å²) in [6.07, 6.45) is 2.10. The van der Waals surface area contributed by atoms with Gasteiger partial charge in [0.1, 0.15) is 0 Å². The molecule has 0 radical (unpaired) electrons. The minimum Gasteiger partial charge on any atom is -0.490 e. The highest BCUT2D eigenvalue weighted by molar-refractivity contribution is 5.70. The van der Waals surface area contributed by atoms with Crippen LogP contribution in [-0.2, 0) is 16.2 Å². The number of benzene rings is 2. The first-order chi connectivity index (χ1) is 16.5. The maximum atomic E-state index is 6.23. The molecule has 192 valence electrons. The number of hydrogen-bond acceptors (Lipinski definition) is 4. The van der Waals surface area contributed by atoms with E-state index in [1.807, 2.05) is 27.7 Å². The van der Waals surface area contributed by atoms with Gasteiger partial charge in [0, 0.05) is 5.41 Å². The van der Waals surface area contributed by atoms with Crippen molar-refractivity contribution in [2.24, 2.45) is 0 Å². The first-order valence-electron chi connectivity index (χ1n) is 13.4. The molecule has 0 atom stereocenters. The van der Waals surface area contributed by atoms with Crippen LogP contribution in [0.25, 0.3) is 0 Å². The van der Waals surface area contributed by atoms with Crippen LogP contribution < -0.4 is 18.9 Å². The van der Waals surface area contributed by atoms with E-state index in [1.54, 1.807) is 0 Å². The summed E-state index contributed by atoms with van der Waals surface area (Å²) in [5, 5.41) is 0. The van der Waals surface area contributed by atoms with E-state index in [4.69, 9.17) is 18.9 Å². The van der Waals surface area contributed by atoms with Crippen LogP contribution in [0.1, 0.15) is 102 Å². The van der Waals surface area contributed by atoms with Crippen LogP contribution in [0.2, 0.25) is 0 Å². The van der Waals surface area contributed by atoms with E-state index in [2.05, 4.69) is 53.7 Å². The van der Waals surface area contributed by atoms with Crippen molar-refractivity contribution in [3.05, 3.63) is 45.5 Å². The fraction of sp³-hybridized carbons (Fsp3) is 0.613. The van der Waals surface area contributed by atoms with Gasteiger partial charge < -0.3 is 18.9 Å². The van der Waals surface area contributed by atoms with Crippen molar-refractivity contribution in [1.82, 2.24) is 0 Å². The fourth-order valence-electron chi connectivity index (χ4n) is 7.25. The summed E-state index contributed by atoms with van der Waals surface area (Å²) in [4.78, 5) is 0. The summed E-state index contributed by atoms with van der Waals surface area (Å²) in [6.45, 7) is 24.6. The Morgan fingerprint density at radius 2 is 0.943 bits per heavy atom. The lowest BCUT2D eigenvalue weighted by Gasteiger charge is -2.33. The lowest BCUT2D eigenvalue weighted by atomic mass is 9.70. The second-order valence-corrected chi connectivity index (χ2v) is 11.4. The van der Waals surface area contributed by atoms with E-state index in [9.17, 15) is 0 Å². The molecule has 0 unspecified atom stereocenters. The molecule has 2 aliphatic rings. The Hall–Kier alpha value is -2.36. The third-order valence-electron chi connectivity index (χ3n) is 8.05. The van der Waals surface area contributed by atoms with Gasteiger partial charge in [-0.15, -0.1) is 0 Å². The third kappa shape index (κ3) is 3.79. The SMILES string of the molecule is CCOc1cc2c(c(C)c1OCC)C1(CC2(C)C)CC(C)(C)c2cc(OCC)c(OCC)c(C)c21. The standard InChI is InChI=1S/C31H44O4/c1-11-32-23-15-21-25(19(5)27(23)34-13-3)31(17-29(21,7)8)18-30(9,10)22-16-24(33-12-2)28(35-14-4)20(6)26(22)31/h15-16H,11-14,17-18H2,1-10H3. The molecule has 0 aromatic heterocycles. The largest absolute Gasteiger partial charge is 0.490 e. The Labute approximate surface area is 212 Å². The predicted octanol–water partition coefficient (Wildman–Crippen LogP) is 7.55. The van der Waals surface area contributed by atoms with Crippen molar-refractivity contribution < 1.29 is 18.9 Å². The molecule has 0 amide bonds. The van der Waals surface area contributed by atoms with Gasteiger partial charge in [-0.05, 0) is 111 Å². The average Bonchev–Trinajstić information content (AvgIpc) is 3.12. The van der Waals surface area contributed by atoms with Gasteiger partial charge >= 0.3 is 0 Å². The Morgan fingerprint density at radius 1 is 0.600 bits per heavy atom. The highest BCUT2D eigenvalue weighted by atomic mass is 16.5. The molecule has 1 spiro atoms. The van der Waals surface area contributed by atoms with E-state index in [0.29, 0.717) is 26.4 Å². The molecule has 4 nitrogen and oxygen atoms in total. The van der Waals surface area contributed by atoms with E-state index in [-0.39, 0.29) is 16.2 Å². The summed E-state index contributed by atoms with van der Waals surface area (Å²) in [5.74, 6) is 3.52. The summed E-state index contributed by atoms with van der Waals surface area (Å²) in [7, 11) is 0. The van der Waals surface area contributed by atoms with Gasteiger partial charge in [-0.25, -0.2) is 0 Å². The van der Waals surface area contributed by atoms with Crippen LogP contribution in [0.4, 0.5) is 0 Å². The zero-order valence-electron chi connectivity index (χ0n) is 23.5. The van der Waals surface area contributed by atoms with Crippen LogP contribution >= 0.6 is 0 Å². The average molecular weight is 481 g/mol. The number of ether oxygens (including phenoxy) is 4. The van der Waals surface area contributed by atoms with Gasteiger partial charge in [-0.3, -0.25) is 0 Å². The van der Waals surface area contributed by atoms with Gasteiger partial charge in [0.15, 0.2) is 23.0 Å². The van der Waals surface area contributed by atoms with Crippen molar-refractivity contribution in [2.45, 2.75) is 98.3 Å². The normalized spacial score (nSPS) is 18.3. The van der Waals surface area contributed by atoms with Crippen LogP contribution in [0.5, 0.6) is 23.0 Å². The van der Waals surface area contributed by atoms with Gasteiger partial charge in [0.25, 0.3) is 0 Å². The van der Waals surface area contributed by atoms with Crippen molar-refractivity contribution in [1.29, 1.82) is 0 Å². The predicted molar refractivity (Wildman–Crippen MR) is 143 cm³/mol. The van der Waals surface area contributed by atoms with Crippen molar-refractivity contribution in [3.8, 4) is 23.0 Å². The van der Waals surface area contributed by atoms with Crippen molar-refractivity contribution >= 4 is 0 Å². The second-order valence-electron chi connectivity index (χ2n) is 11.4. The number of hydrogen-bond donors (Lipinski definition) is 0. The monoisotopic (exact) mass is 480 g/mol. The smallest absolute Gasteiger partial charge is 0.164 e. The second kappa shape index (κ2) is 8.94. The van der Waals surface area contributed by atoms with Crippen LogP contribution in [0.3, 0.4) is 0 Å². The first-order valence-corrected chi connectivity index (χ1v) is 13.4.